The molecule has 0 saturated heterocycles. The molecule has 2 rings (SSSR count). The molecular weight excluding hydrogens is 323 g/mol. The summed E-state index contributed by atoms with van der Waals surface area (Å²) >= 11 is 0. The van der Waals surface area contributed by atoms with E-state index in [4.69, 9.17) is 4.74 Å². The van der Waals surface area contributed by atoms with Gasteiger partial charge in [0.1, 0.15) is 11.6 Å². The first-order valence-corrected chi connectivity index (χ1v) is 7.16. The lowest BCUT2D eigenvalue weighted by atomic mass is 10.2. The Hall–Kier alpha value is -2.64. The molecule has 1 aromatic carbocycles. The van der Waals surface area contributed by atoms with Crippen molar-refractivity contribution in [2.75, 3.05) is 0 Å². The number of carbonyl (C=O) groups is 1. The Morgan fingerprint density at radius 2 is 2.00 bits per heavy atom. The number of aryl methyl sites for hydroxylation is 1. The number of para-hydroxylation sites is 1. The van der Waals surface area contributed by atoms with Gasteiger partial charge in [-0.2, -0.15) is 13.2 Å². The molecule has 128 valence electrons. The topological polar surface area (TPSA) is 64.1 Å². The minimum absolute atomic E-state index is 0.136. The summed E-state index contributed by atoms with van der Waals surface area (Å²) in [4.78, 5) is 20.1. The van der Waals surface area contributed by atoms with Crippen molar-refractivity contribution in [3.8, 4) is 5.75 Å². The van der Waals surface area contributed by atoms with Crippen LogP contribution in [0.5, 0.6) is 5.75 Å². The molecule has 1 atom stereocenters. The van der Waals surface area contributed by atoms with Crippen LogP contribution in [0.3, 0.4) is 0 Å². The summed E-state index contributed by atoms with van der Waals surface area (Å²) in [5, 5.41) is 2.57. The molecule has 0 saturated carbocycles. The zero-order chi connectivity index (χ0) is 17.7. The second kappa shape index (κ2) is 7.29. The Morgan fingerprint density at radius 1 is 1.29 bits per heavy atom. The van der Waals surface area contributed by atoms with Crippen molar-refractivity contribution in [2.24, 2.45) is 0 Å². The first-order valence-electron chi connectivity index (χ1n) is 7.16. The Kier molecular flexibility index (Phi) is 5.38. The molecule has 5 nitrogen and oxygen atoms in total. The van der Waals surface area contributed by atoms with Gasteiger partial charge in [-0.25, -0.2) is 9.97 Å². The number of nitrogens with zero attached hydrogens (tertiary/aromatic N) is 2. The van der Waals surface area contributed by atoms with Crippen molar-refractivity contribution >= 4 is 5.91 Å². The summed E-state index contributed by atoms with van der Waals surface area (Å²) in [5.74, 6) is -0.362. The highest BCUT2D eigenvalue weighted by Crippen LogP contribution is 2.36. The predicted octanol–water partition coefficient (Wildman–Crippen LogP) is 2.89. The monoisotopic (exact) mass is 339 g/mol. The number of hydrogen-bond acceptors (Lipinski definition) is 4. The molecule has 1 heterocycles. The third-order valence-electron chi connectivity index (χ3n) is 3.14. The average Bonchev–Trinajstić information content (AvgIpc) is 2.52. The summed E-state index contributed by atoms with van der Waals surface area (Å²) in [6, 6.07) is 6.40. The highest BCUT2D eigenvalue weighted by molar-refractivity contribution is 5.80. The lowest BCUT2D eigenvalue weighted by molar-refractivity contribution is -0.140. The van der Waals surface area contributed by atoms with Crippen molar-refractivity contribution in [1.82, 2.24) is 15.3 Å². The van der Waals surface area contributed by atoms with Crippen LogP contribution >= 0.6 is 0 Å². The van der Waals surface area contributed by atoms with Crippen molar-refractivity contribution in [3.63, 3.8) is 0 Å². The first-order chi connectivity index (χ1) is 11.3. The molecule has 0 radical (unpaired) electrons. The molecule has 0 aliphatic rings. The van der Waals surface area contributed by atoms with Gasteiger partial charge in [0.15, 0.2) is 6.10 Å². The van der Waals surface area contributed by atoms with E-state index in [1.165, 1.54) is 25.1 Å². The number of ether oxygens (including phenoxy) is 1. The van der Waals surface area contributed by atoms with E-state index in [9.17, 15) is 18.0 Å². The van der Waals surface area contributed by atoms with Crippen LogP contribution in [0.4, 0.5) is 13.2 Å². The molecule has 1 aromatic heterocycles. The second-order valence-corrected chi connectivity index (χ2v) is 5.07. The molecule has 0 aliphatic carbocycles. The zero-order valence-electron chi connectivity index (χ0n) is 13.1. The van der Waals surface area contributed by atoms with Crippen molar-refractivity contribution in [2.45, 2.75) is 32.7 Å². The molecular formula is C16H16F3N3O2. The molecule has 24 heavy (non-hydrogen) atoms. The zero-order valence-corrected chi connectivity index (χ0v) is 13.1. The number of rotatable bonds is 5. The fraction of sp³-hybridized carbons (Fsp3) is 0.312. The minimum Gasteiger partial charge on any atom is -0.480 e. The van der Waals surface area contributed by atoms with Crippen molar-refractivity contribution in [3.05, 3.63) is 53.6 Å². The lowest BCUT2D eigenvalue weighted by Crippen LogP contribution is -2.36. The number of hydrogen-bond donors (Lipinski definition) is 1. The van der Waals surface area contributed by atoms with Gasteiger partial charge in [-0.3, -0.25) is 4.79 Å². The van der Waals surface area contributed by atoms with E-state index < -0.39 is 23.8 Å². The van der Waals surface area contributed by atoms with E-state index in [2.05, 4.69) is 15.3 Å². The Balaban J connectivity index is 2.00. The van der Waals surface area contributed by atoms with E-state index in [1.54, 1.807) is 19.2 Å². The van der Waals surface area contributed by atoms with Crippen molar-refractivity contribution in [1.29, 1.82) is 0 Å². The lowest BCUT2D eigenvalue weighted by Gasteiger charge is -2.18. The largest absolute Gasteiger partial charge is 0.480 e. The second-order valence-electron chi connectivity index (χ2n) is 5.07. The third kappa shape index (κ3) is 4.68. The Labute approximate surface area is 136 Å². The molecule has 0 bridgehead atoms. The number of nitrogens with one attached hydrogen (secondary N) is 1. The van der Waals surface area contributed by atoms with Gasteiger partial charge >= 0.3 is 6.18 Å². The van der Waals surface area contributed by atoms with Crippen LogP contribution in [0.2, 0.25) is 0 Å². The molecule has 1 amide bonds. The molecule has 0 aliphatic heterocycles. The van der Waals surface area contributed by atoms with Crippen LogP contribution in [-0.4, -0.2) is 22.0 Å². The van der Waals surface area contributed by atoms with Gasteiger partial charge in [-0.1, -0.05) is 12.1 Å². The smallest absolute Gasteiger partial charge is 0.419 e. The number of aromatic nitrogens is 2. The molecule has 0 unspecified atom stereocenters. The summed E-state index contributed by atoms with van der Waals surface area (Å²) in [6.45, 7) is 3.23. The molecule has 2 aromatic rings. The van der Waals surface area contributed by atoms with Gasteiger partial charge < -0.3 is 10.1 Å². The van der Waals surface area contributed by atoms with Crippen LogP contribution in [-0.2, 0) is 17.5 Å². The van der Waals surface area contributed by atoms with Gasteiger partial charge in [-0.05, 0) is 32.0 Å². The summed E-state index contributed by atoms with van der Waals surface area (Å²) in [7, 11) is 0. The number of alkyl halides is 3. The van der Waals surface area contributed by atoms with Crippen LogP contribution < -0.4 is 10.1 Å². The number of benzene rings is 1. The Bertz CT molecular complexity index is 720. The van der Waals surface area contributed by atoms with Gasteiger partial charge in [-0.15, -0.1) is 0 Å². The van der Waals surface area contributed by atoms with Gasteiger partial charge in [0.05, 0.1) is 17.8 Å². The fourth-order valence-corrected chi connectivity index (χ4v) is 1.97. The highest BCUT2D eigenvalue weighted by Gasteiger charge is 2.34. The maximum atomic E-state index is 12.9. The van der Waals surface area contributed by atoms with E-state index in [0.29, 0.717) is 11.5 Å². The van der Waals surface area contributed by atoms with Crippen LogP contribution in [0, 0.1) is 6.92 Å². The van der Waals surface area contributed by atoms with E-state index in [0.717, 1.165) is 6.07 Å². The number of halogens is 3. The maximum Gasteiger partial charge on any atom is 0.419 e. The van der Waals surface area contributed by atoms with E-state index >= 15 is 0 Å². The predicted molar refractivity (Wildman–Crippen MR) is 80.1 cm³/mol. The average molecular weight is 339 g/mol. The minimum atomic E-state index is -4.55. The van der Waals surface area contributed by atoms with Gasteiger partial charge in [0.25, 0.3) is 5.91 Å². The molecule has 1 N–H and O–H groups in total. The fourth-order valence-electron chi connectivity index (χ4n) is 1.97. The SMILES string of the molecule is Cc1nccc(CNC(=O)[C@H](C)Oc2ccccc2C(F)(F)F)n1. The van der Waals surface area contributed by atoms with Crippen LogP contribution in [0.15, 0.2) is 36.5 Å². The van der Waals surface area contributed by atoms with Gasteiger partial charge in [0, 0.05) is 6.20 Å². The van der Waals surface area contributed by atoms with Gasteiger partial charge in [0.2, 0.25) is 0 Å². The summed E-state index contributed by atoms with van der Waals surface area (Å²) < 4.78 is 43.9. The highest BCUT2D eigenvalue weighted by atomic mass is 19.4. The van der Waals surface area contributed by atoms with E-state index in [1.807, 2.05) is 0 Å². The molecule has 8 heteroatoms. The van der Waals surface area contributed by atoms with E-state index in [-0.39, 0.29) is 12.3 Å². The van der Waals surface area contributed by atoms with Crippen LogP contribution in [0.1, 0.15) is 24.0 Å². The Morgan fingerprint density at radius 3 is 2.67 bits per heavy atom. The quantitative estimate of drug-likeness (QED) is 0.910. The van der Waals surface area contributed by atoms with Crippen LogP contribution in [0.25, 0.3) is 0 Å². The standard InChI is InChI=1S/C16H16F3N3O2/c1-10(15(23)21-9-12-7-8-20-11(2)22-12)24-14-6-4-3-5-13(14)16(17,18)19/h3-8,10H,9H2,1-2H3,(H,21,23)/t10-/m0/s1. The number of amides is 1. The van der Waals surface area contributed by atoms with Crippen molar-refractivity contribution < 1.29 is 22.7 Å². The first kappa shape index (κ1) is 17.7. The normalized spacial score (nSPS) is 12.5. The summed E-state index contributed by atoms with van der Waals surface area (Å²) in [5.41, 5.74) is -0.324. The molecule has 0 spiro atoms. The number of carbonyl (C=O) groups excluding carboxylic acids is 1. The molecule has 0 fully saturated rings. The maximum absolute atomic E-state index is 12.9. The third-order valence-corrected chi connectivity index (χ3v) is 3.14. The summed E-state index contributed by atoms with van der Waals surface area (Å²) in [6.07, 6.45) is -4.08.